The second-order valence-corrected chi connectivity index (χ2v) is 7.90. The summed E-state index contributed by atoms with van der Waals surface area (Å²) >= 11 is 0. The molecule has 0 saturated heterocycles. The molecule has 0 spiro atoms. The van der Waals surface area contributed by atoms with Crippen molar-refractivity contribution in [1.82, 2.24) is 0 Å². The van der Waals surface area contributed by atoms with E-state index in [1.54, 1.807) is 24.3 Å². The van der Waals surface area contributed by atoms with E-state index in [-0.39, 0.29) is 27.9 Å². The summed E-state index contributed by atoms with van der Waals surface area (Å²) in [6.07, 6.45) is 5.78. The molecule has 2 aromatic rings. The molecule has 2 N–H and O–H groups in total. The highest BCUT2D eigenvalue weighted by atomic mass is 32.2. The van der Waals surface area contributed by atoms with E-state index < -0.39 is 14.9 Å². The average Bonchev–Trinajstić information content (AvgIpc) is 2.63. The molecule has 0 radical (unpaired) electrons. The second kappa shape index (κ2) is 7.63. The van der Waals surface area contributed by atoms with Gasteiger partial charge in [0, 0.05) is 11.8 Å². The van der Waals surface area contributed by atoms with Crippen LogP contribution in [0, 0.1) is 16.0 Å². The Hall–Kier alpha value is -3.13. The van der Waals surface area contributed by atoms with Crippen molar-refractivity contribution in [2.24, 2.45) is 5.92 Å². The number of anilines is 3. The van der Waals surface area contributed by atoms with Crippen LogP contribution in [0.15, 0.2) is 71.7 Å². The molecule has 0 aromatic heterocycles. The molecule has 0 aliphatic heterocycles. The third kappa shape index (κ3) is 4.35. The smallest absolute Gasteiger partial charge is 0.294 e. The summed E-state index contributed by atoms with van der Waals surface area (Å²) in [4.78, 5) is 11.2. The van der Waals surface area contributed by atoms with Crippen LogP contribution in [-0.2, 0) is 10.0 Å². The van der Waals surface area contributed by atoms with Crippen molar-refractivity contribution in [3.8, 4) is 0 Å². The number of para-hydroxylation sites is 1. The molecule has 8 heteroatoms. The van der Waals surface area contributed by atoms with Crippen molar-refractivity contribution < 1.29 is 13.3 Å². The van der Waals surface area contributed by atoms with Crippen LogP contribution in [0.4, 0.5) is 22.7 Å². The first kappa shape index (κ1) is 18.7. The second-order valence-electron chi connectivity index (χ2n) is 6.22. The standard InChI is InChI=1S/C19H19N3O4S/c1-14-7-5-6-10-19(14)27(25,26)21-16-11-12-17(18(13-16)22(23)24)20-15-8-3-2-4-9-15/h2-6,8-14,20-21H,7H2,1H3. The number of hydrogen-bond acceptors (Lipinski definition) is 5. The number of hydrogen-bond donors (Lipinski definition) is 2. The van der Waals surface area contributed by atoms with Gasteiger partial charge >= 0.3 is 0 Å². The summed E-state index contributed by atoms with van der Waals surface area (Å²) in [6.45, 7) is 1.82. The number of nitro benzene ring substituents is 1. The lowest BCUT2D eigenvalue weighted by Gasteiger charge is -2.18. The van der Waals surface area contributed by atoms with E-state index in [0.717, 1.165) is 0 Å². The predicted molar refractivity (Wildman–Crippen MR) is 106 cm³/mol. The highest BCUT2D eigenvalue weighted by Gasteiger charge is 2.25. The van der Waals surface area contributed by atoms with Gasteiger partial charge in [0.2, 0.25) is 0 Å². The van der Waals surface area contributed by atoms with E-state index in [1.807, 2.05) is 31.2 Å². The van der Waals surface area contributed by atoms with Crippen LogP contribution in [0.2, 0.25) is 0 Å². The lowest BCUT2D eigenvalue weighted by Crippen LogP contribution is -2.20. The maximum Gasteiger partial charge on any atom is 0.294 e. The Kier molecular flexibility index (Phi) is 5.27. The molecular weight excluding hydrogens is 366 g/mol. The fourth-order valence-corrected chi connectivity index (χ4v) is 4.26. The Morgan fingerprint density at radius 1 is 1.11 bits per heavy atom. The highest BCUT2D eigenvalue weighted by molar-refractivity contribution is 7.96. The Morgan fingerprint density at radius 2 is 1.85 bits per heavy atom. The van der Waals surface area contributed by atoms with Gasteiger partial charge in [-0.25, -0.2) is 8.42 Å². The molecule has 0 amide bonds. The molecule has 27 heavy (non-hydrogen) atoms. The summed E-state index contributed by atoms with van der Waals surface area (Å²) in [5, 5.41) is 14.4. The van der Waals surface area contributed by atoms with Gasteiger partial charge in [0.25, 0.3) is 15.7 Å². The van der Waals surface area contributed by atoms with E-state index in [9.17, 15) is 18.5 Å². The Balaban J connectivity index is 1.89. The van der Waals surface area contributed by atoms with Crippen LogP contribution in [0.1, 0.15) is 13.3 Å². The molecule has 7 nitrogen and oxygen atoms in total. The molecule has 2 aromatic carbocycles. The van der Waals surface area contributed by atoms with Crippen LogP contribution in [0.3, 0.4) is 0 Å². The largest absolute Gasteiger partial charge is 0.350 e. The molecule has 1 aliphatic carbocycles. The zero-order valence-corrected chi connectivity index (χ0v) is 15.4. The number of sulfonamides is 1. The molecule has 0 heterocycles. The molecular formula is C19H19N3O4S. The summed E-state index contributed by atoms with van der Waals surface area (Å²) in [5.74, 6) is -0.151. The molecule has 140 valence electrons. The lowest BCUT2D eigenvalue weighted by molar-refractivity contribution is -0.383. The predicted octanol–water partition coefficient (Wildman–Crippen LogP) is 4.56. The van der Waals surface area contributed by atoms with E-state index in [4.69, 9.17) is 0 Å². The minimum absolute atomic E-state index is 0.142. The Morgan fingerprint density at radius 3 is 2.52 bits per heavy atom. The van der Waals surface area contributed by atoms with Gasteiger partial charge in [-0.3, -0.25) is 14.8 Å². The van der Waals surface area contributed by atoms with Gasteiger partial charge in [0.15, 0.2) is 0 Å². The van der Waals surface area contributed by atoms with Crippen molar-refractivity contribution in [1.29, 1.82) is 0 Å². The van der Waals surface area contributed by atoms with Crippen LogP contribution in [-0.4, -0.2) is 13.3 Å². The summed E-state index contributed by atoms with van der Waals surface area (Å²) in [6, 6.07) is 13.2. The molecule has 1 unspecified atom stereocenters. The number of nitrogens with zero attached hydrogens (tertiary/aromatic N) is 1. The number of allylic oxidation sites excluding steroid dienone is 4. The number of benzene rings is 2. The monoisotopic (exact) mass is 385 g/mol. The van der Waals surface area contributed by atoms with Gasteiger partial charge in [-0.15, -0.1) is 0 Å². The third-order valence-corrected chi connectivity index (χ3v) is 5.85. The van der Waals surface area contributed by atoms with Crippen molar-refractivity contribution in [3.05, 3.63) is 81.8 Å². The molecule has 0 saturated carbocycles. The Bertz CT molecular complexity index is 1010. The lowest BCUT2D eigenvalue weighted by atomic mass is 10.0. The van der Waals surface area contributed by atoms with Gasteiger partial charge in [0.05, 0.1) is 15.5 Å². The van der Waals surface area contributed by atoms with Gasteiger partial charge in [-0.1, -0.05) is 37.3 Å². The quantitative estimate of drug-likeness (QED) is 0.561. The molecule has 0 bridgehead atoms. The minimum Gasteiger partial charge on any atom is -0.350 e. The van der Waals surface area contributed by atoms with Crippen LogP contribution < -0.4 is 10.0 Å². The van der Waals surface area contributed by atoms with Crippen molar-refractivity contribution in [2.45, 2.75) is 13.3 Å². The van der Waals surface area contributed by atoms with Crippen LogP contribution in [0.5, 0.6) is 0 Å². The van der Waals surface area contributed by atoms with Gasteiger partial charge in [-0.2, -0.15) is 0 Å². The zero-order chi connectivity index (χ0) is 19.4. The third-order valence-electron chi connectivity index (χ3n) is 4.18. The molecule has 1 atom stereocenters. The highest BCUT2D eigenvalue weighted by Crippen LogP contribution is 2.32. The topological polar surface area (TPSA) is 101 Å². The van der Waals surface area contributed by atoms with E-state index in [0.29, 0.717) is 12.1 Å². The number of nitro groups is 1. The average molecular weight is 385 g/mol. The fraction of sp³-hybridized carbons (Fsp3) is 0.158. The molecule has 1 aliphatic rings. The fourth-order valence-electron chi connectivity index (χ4n) is 2.82. The van der Waals surface area contributed by atoms with Gasteiger partial charge in [0.1, 0.15) is 5.69 Å². The molecule has 0 fully saturated rings. The summed E-state index contributed by atoms with van der Waals surface area (Å²) in [7, 11) is -3.78. The van der Waals surface area contributed by atoms with Crippen molar-refractivity contribution >= 4 is 32.8 Å². The SMILES string of the molecule is CC1CC=CC=C1S(=O)(=O)Nc1ccc(Nc2ccccc2)c([N+](=O)[O-])c1. The minimum atomic E-state index is -3.78. The van der Waals surface area contributed by atoms with E-state index >= 15 is 0 Å². The maximum atomic E-state index is 12.6. The first-order valence-electron chi connectivity index (χ1n) is 8.37. The van der Waals surface area contributed by atoms with Gasteiger partial charge in [-0.05, 0) is 42.7 Å². The maximum absolute atomic E-state index is 12.6. The number of rotatable bonds is 6. The summed E-state index contributed by atoms with van der Waals surface area (Å²) in [5.41, 5.74) is 0.900. The normalized spacial score (nSPS) is 16.5. The van der Waals surface area contributed by atoms with E-state index in [2.05, 4.69) is 10.0 Å². The van der Waals surface area contributed by atoms with Crippen LogP contribution >= 0.6 is 0 Å². The van der Waals surface area contributed by atoms with Gasteiger partial charge < -0.3 is 5.32 Å². The first-order valence-corrected chi connectivity index (χ1v) is 9.85. The Labute approximate surface area is 157 Å². The zero-order valence-electron chi connectivity index (χ0n) is 14.6. The van der Waals surface area contributed by atoms with Crippen LogP contribution in [0.25, 0.3) is 0 Å². The van der Waals surface area contributed by atoms with Crippen molar-refractivity contribution in [3.63, 3.8) is 0 Å². The van der Waals surface area contributed by atoms with Crippen molar-refractivity contribution in [2.75, 3.05) is 10.0 Å². The number of nitrogens with one attached hydrogen (secondary N) is 2. The van der Waals surface area contributed by atoms with E-state index in [1.165, 1.54) is 18.2 Å². The molecule has 3 rings (SSSR count). The summed E-state index contributed by atoms with van der Waals surface area (Å²) < 4.78 is 27.7. The first-order chi connectivity index (χ1) is 12.9.